The minimum Gasteiger partial charge on any atom is -0.468 e. The molecule has 20 heavy (non-hydrogen) atoms. The van der Waals surface area contributed by atoms with Gasteiger partial charge in [-0.2, -0.15) is 4.72 Å². The second kappa shape index (κ2) is 6.74. The highest BCUT2D eigenvalue weighted by molar-refractivity contribution is 9.11. The van der Waals surface area contributed by atoms with E-state index in [-0.39, 0.29) is 4.21 Å². The molecule has 0 spiro atoms. The Labute approximate surface area is 135 Å². The normalized spacial score (nSPS) is 14.8. The first-order chi connectivity index (χ1) is 9.16. The van der Waals surface area contributed by atoms with E-state index < -0.39 is 21.5 Å². The van der Waals surface area contributed by atoms with Crippen molar-refractivity contribution < 1.29 is 17.9 Å². The molecule has 1 rings (SSSR count). The average Bonchev–Trinajstić information content (AvgIpc) is 2.69. The van der Waals surface area contributed by atoms with Gasteiger partial charge < -0.3 is 4.74 Å². The van der Waals surface area contributed by atoms with Crippen molar-refractivity contribution in [3.05, 3.63) is 14.9 Å². The molecule has 0 saturated heterocycles. The molecule has 0 radical (unpaired) electrons. The summed E-state index contributed by atoms with van der Waals surface area (Å²) in [5.41, 5.74) is -1.30. The Hall–Kier alpha value is -0.150. The number of carbonyl (C=O) groups excluding carboxylic acids is 1. The van der Waals surface area contributed by atoms with Gasteiger partial charge in [0.15, 0.2) is 0 Å². The Bertz CT molecular complexity index is 582. The predicted molar refractivity (Wildman–Crippen MR) is 82.7 cm³/mol. The third kappa shape index (κ3) is 3.94. The fourth-order valence-corrected chi connectivity index (χ4v) is 5.52. The van der Waals surface area contributed by atoms with E-state index >= 15 is 0 Å². The molecule has 1 aromatic rings. The molecule has 1 atom stereocenters. The van der Waals surface area contributed by atoms with E-state index in [0.29, 0.717) is 21.7 Å². The maximum absolute atomic E-state index is 12.3. The number of esters is 1. The van der Waals surface area contributed by atoms with Crippen LogP contribution in [0.25, 0.3) is 0 Å². The van der Waals surface area contributed by atoms with E-state index in [0.717, 1.165) is 11.3 Å². The van der Waals surface area contributed by atoms with Gasteiger partial charge >= 0.3 is 5.97 Å². The standard InChI is InChI=1S/C11H15BrClNO4S2/c1-4-5-11(2,10(15)18-3)14-20(16,17)8-6-7(13)9(12)19-8/h6,14H,4-5H2,1-3H3. The van der Waals surface area contributed by atoms with Gasteiger partial charge in [-0.3, -0.25) is 4.79 Å². The van der Waals surface area contributed by atoms with Crippen LogP contribution in [0, 0.1) is 0 Å². The van der Waals surface area contributed by atoms with Gasteiger partial charge in [0, 0.05) is 0 Å². The largest absolute Gasteiger partial charge is 0.468 e. The molecule has 0 aliphatic carbocycles. The van der Waals surface area contributed by atoms with Crippen LogP contribution in [0.15, 0.2) is 14.1 Å². The summed E-state index contributed by atoms with van der Waals surface area (Å²) in [6.07, 6.45) is 0.961. The zero-order chi connectivity index (χ0) is 15.6. The number of carbonyl (C=O) groups is 1. The van der Waals surface area contributed by atoms with Crippen LogP contribution in [-0.4, -0.2) is 27.0 Å². The molecule has 9 heteroatoms. The Kier molecular flexibility index (Phi) is 6.03. The molecular weight excluding hydrogens is 390 g/mol. The molecule has 0 aliphatic rings. The van der Waals surface area contributed by atoms with Crippen molar-refractivity contribution in [2.24, 2.45) is 0 Å². The smallest absolute Gasteiger partial charge is 0.326 e. The number of thiophene rings is 1. The summed E-state index contributed by atoms with van der Waals surface area (Å²) >= 11 is 9.98. The maximum atomic E-state index is 12.3. The molecule has 1 N–H and O–H groups in total. The van der Waals surface area contributed by atoms with Crippen LogP contribution in [0.4, 0.5) is 0 Å². The minimum absolute atomic E-state index is 0.0422. The number of halogens is 2. The maximum Gasteiger partial charge on any atom is 0.326 e. The zero-order valence-electron chi connectivity index (χ0n) is 11.2. The lowest BCUT2D eigenvalue weighted by Gasteiger charge is -2.26. The van der Waals surface area contributed by atoms with Crippen molar-refractivity contribution in [1.82, 2.24) is 4.72 Å². The summed E-state index contributed by atoms with van der Waals surface area (Å²) in [7, 11) is -2.62. The summed E-state index contributed by atoms with van der Waals surface area (Å²) in [5, 5.41) is 0.311. The molecule has 0 bridgehead atoms. The third-order valence-corrected chi connectivity index (χ3v) is 7.18. The quantitative estimate of drug-likeness (QED) is 0.739. The van der Waals surface area contributed by atoms with Crippen molar-refractivity contribution in [2.45, 2.75) is 36.4 Å². The molecule has 1 aromatic heterocycles. The van der Waals surface area contributed by atoms with Crippen LogP contribution >= 0.6 is 38.9 Å². The van der Waals surface area contributed by atoms with Crippen molar-refractivity contribution in [2.75, 3.05) is 7.11 Å². The molecule has 0 aliphatic heterocycles. The van der Waals surface area contributed by atoms with Gasteiger partial charge in [0.1, 0.15) is 9.75 Å². The number of hydrogen-bond acceptors (Lipinski definition) is 5. The van der Waals surface area contributed by atoms with Gasteiger partial charge in [-0.15, -0.1) is 11.3 Å². The summed E-state index contributed by atoms with van der Waals surface area (Å²) < 4.78 is 32.3. The number of methoxy groups -OCH3 is 1. The second-order valence-corrected chi connectivity index (χ2v) is 9.05. The fraction of sp³-hybridized carbons (Fsp3) is 0.545. The number of hydrogen-bond donors (Lipinski definition) is 1. The Balaban J connectivity index is 3.12. The van der Waals surface area contributed by atoms with E-state index in [2.05, 4.69) is 25.4 Å². The van der Waals surface area contributed by atoms with Crippen molar-refractivity contribution in [3.8, 4) is 0 Å². The van der Waals surface area contributed by atoms with Gasteiger partial charge in [0.25, 0.3) is 10.0 Å². The van der Waals surface area contributed by atoms with Gasteiger partial charge in [0.05, 0.1) is 15.9 Å². The summed E-state index contributed by atoms with van der Waals surface area (Å²) in [5.74, 6) is -0.621. The number of sulfonamides is 1. The van der Waals surface area contributed by atoms with Gasteiger partial charge in [-0.25, -0.2) is 8.42 Å². The lowest BCUT2D eigenvalue weighted by Crippen LogP contribution is -2.52. The van der Waals surface area contributed by atoms with E-state index in [9.17, 15) is 13.2 Å². The predicted octanol–water partition coefficient (Wildman–Crippen LogP) is 3.17. The van der Waals surface area contributed by atoms with Crippen molar-refractivity contribution in [3.63, 3.8) is 0 Å². The molecular formula is C11H15BrClNO4S2. The first kappa shape index (κ1) is 17.9. The molecule has 1 unspecified atom stereocenters. The number of rotatable bonds is 6. The van der Waals surface area contributed by atoms with Crippen LogP contribution in [0.3, 0.4) is 0 Å². The minimum atomic E-state index is -3.84. The summed E-state index contributed by atoms with van der Waals surface area (Å²) in [6.45, 7) is 3.36. The summed E-state index contributed by atoms with van der Waals surface area (Å²) in [4.78, 5) is 11.8. The number of ether oxygens (including phenoxy) is 1. The molecule has 0 aromatic carbocycles. The number of nitrogens with one attached hydrogen (secondary N) is 1. The van der Waals surface area contributed by atoms with Gasteiger partial charge in [-0.05, 0) is 35.3 Å². The zero-order valence-corrected chi connectivity index (χ0v) is 15.2. The Morgan fingerprint density at radius 2 is 2.20 bits per heavy atom. The molecule has 1 heterocycles. The van der Waals surface area contributed by atoms with Crippen molar-refractivity contribution >= 4 is 54.9 Å². The fourth-order valence-electron chi connectivity index (χ4n) is 1.73. The van der Waals surface area contributed by atoms with Crippen LogP contribution in [0.5, 0.6) is 0 Å². The Morgan fingerprint density at radius 3 is 2.60 bits per heavy atom. The van der Waals surface area contributed by atoms with Crippen molar-refractivity contribution in [1.29, 1.82) is 0 Å². The highest BCUT2D eigenvalue weighted by Gasteiger charge is 2.38. The SMILES string of the molecule is CCCC(C)(NS(=O)(=O)c1cc(Cl)c(Br)s1)C(=O)OC. The molecule has 5 nitrogen and oxygen atoms in total. The lowest BCUT2D eigenvalue weighted by atomic mass is 9.98. The van der Waals surface area contributed by atoms with E-state index in [4.69, 9.17) is 11.6 Å². The molecule has 0 saturated carbocycles. The monoisotopic (exact) mass is 403 g/mol. The van der Waals surface area contributed by atoms with Gasteiger partial charge in [-0.1, -0.05) is 24.9 Å². The second-order valence-electron chi connectivity index (χ2n) is 4.37. The van der Waals surface area contributed by atoms with Crippen LogP contribution in [0.2, 0.25) is 5.02 Å². The summed E-state index contributed by atoms with van der Waals surface area (Å²) in [6, 6.07) is 1.34. The first-order valence-electron chi connectivity index (χ1n) is 5.73. The average molecular weight is 405 g/mol. The van der Waals surface area contributed by atoms with Crippen LogP contribution in [0.1, 0.15) is 26.7 Å². The first-order valence-corrected chi connectivity index (χ1v) is 9.20. The van der Waals surface area contributed by atoms with E-state index in [1.165, 1.54) is 20.1 Å². The lowest BCUT2D eigenvalue weighted by molar-refractivity contribution is -0.147. The highest BCUT2D eigenvalue weighted by Crippen LogP contribution is 2.35. The van der Waals surface area contributed by atoms with Crippen LogP contribution in [-0.2, 0) is 19.6 Å². The van der Waals surface area contributed by atoms with E-state index in [1.54, 1.807) is 0 Å². The highest BCUT2D eigenvalue weighted by atomic mass is 79.9. The van der Waals surface area contributed by atoms with Crippen LogP contribution < -0.4 is 4.72 Å². The molecule has 0 fully saturated rings. The molecule has 0 amide bonds. The Morgan fingerprint density at radius 1 is 1.60 bits per heavy atom. The molecule has 114 valence electrons. The van der Waals surface area contributed by atoms with E-state index in [1.807, 2.05) is 6.92 Å². The third-order valence-electron chi connectivity index (χ3n) is 2.63. The topological polar surface area (TPSA) is 72.5 Å². The van der Waals surface area contributed by atoms with Gasteiger partial charge in [0.2, 0.25) is 0 Å².